The molecule has 0 atom stereocenters. The lowest BCUT2D eigenvalue weighted by Gasteiger charge is -2.30. The molecule has 1 aromatic carbocycles. The van der Waals surface area contributed by atoms with Gasteiger partial charge in [-0.25, -0.2) is 31.7 Å². The van der Waals surface area contributed by atoms with Crippen LogP contribution in [0.1, 0.15) is 25.0 Å². The van der Waals surface area contributed by atoms with Crippen molar-refractivity contribution in [1.82, 2.24) is 24.5 Å². The lowest BCUT2D eigenvalue weighted by molar-refractivity contribution is 0.141. The van der Waals surface area contributed by atoms with Gasteiger partial charge >= 0.3 is 5.69 Å². The Kier molecular flexibility index (Phi) is 7.20. The summed E-state index contributed by atoms with van der Waals surface area (Å²) in [5.74, 6) is -1.50. The van der Waals surface area contributed by atoms with Crippen LogP contribution in [0.15, 0.2) is 38.9 Å². The van der Waals surface area contributed by atoms with Gasteiger partial charge in [0.1, 0.15) is 4.90 Å². The molecule has 4 rings (SSSR count). The number of pyridine rings is 1. The van der Waals surface area contributed by atoms with Crippen molar-refractivity contribution < 1.29 is 27.0 Å². The highest BCUT2D eigenvalue weighted by atomic mass is 35.5. The second-order valence-corrected chi connectivity index (χ2v) is 10.3. The molecule has 194 valence electrons. The number of nitriles is 1. The van der Waals surface area contributed by atoms with Gasteiger partial charge in [0, 0.05) is 18.0 Å². The van der Waals surface area contributed by atoms with Crippen molar-refractivity contribution in [1.29, 1.82) is 5.26 Å². The van der Waals surface area contributed by atoms with Crippen LogP contribution >= 0.6 is 23.2 Å². The minimum absolute atomic E-state index is 0.187. The van der Waals surface area contributed by atoms with Crippen LogP contribution in [0, 0.1) is 17.2 Å². The predicted molar refractivity (Wildman–Crippen MR) is 124 cm³/mol. The Bertz CT molecular complexity index is 1630. The number of nitrogens with one attached hydrogen (secondary N) is 2. The van der Waals surface area contributed by atoms with Gasteiger partial charge < -0.3 is 9.84 Å². The smallest absolute Gasteiger partial charge is 0.349 e. The predicted octanol–water partition coefficient (Wildman–Crippen LogP) is 2.64. The Morgan fingerprint density at radius 3 is 2.49 bits per heavy atom. The molecule has 3 N–H and O–H groups in total. The molecule has 2 aromatic heterocycles. The van der Waals surface area contributed by atoms with Gasteiger partial charge in [0.15, 0.2) is 17.2 Å². The summed E-state index contributed by atoms with van der Waals surface area (Å²) in [6, 6.07) is 4.63. The first kappa shape index (κ1) is 26.5. The summed E-state index contributed by atoms with van der Waals surface area (Å²) < 4.78 is 59.8. The molecule has 0 spiro atoms. The maximum Gasteiger partial charge on any atom is 0.349 e. The fourth-order valence-corrected chi connectivity index (χ4v) is 5.28. The van der Waals surface area contributed by atoms with Crippen LogP contribution < -0.4 is 20.7 Å². The van der Waals surface area contributed by atoms with Crippen molar-refractivity contribution in [2.75, 3.05) is 0 Å². The van der Waals surface area contributed by atoms with E-state index in [0.29, 0.717) is 17.5 Å². The molecule has 0 unspecified atom stereocenters. The summed E-state index contributed by atoms with van der Waals surface area (Å²) >= 11 is 12.4. The van der Waals surface area contributed by atoms with E-state index >= 15 is 0 Å². The van der Waals surface area contributed by atoms with Gasteiger partial charge in [-0.15, -0.1) is 0 Å². The molecular weight excluding hydrogens is 561 g/mol. The Labute approximate surface area is 216 Å². The third kappa shape index (κ3) is 5.42. The van der Waals surface area contributed by atoms with Crippen LogP contribution in [-0.4, -0.2) is 39.3 Å². The first-order valence-electron chi connectivity index (χ1n) is 10.2. The van der Waals surface area contributed by atoms with Crippen molar-refractivity contribution in [2.24, 2.45) is 5.92 Å². The molecule has 1 fully saturated rings. The normalized spacial score (nSPS) is 17.3. The van der Waals surface area contributed by atoms with E-state index in [-0.39, 0.29) is 33.3 Å². The summed E-state index contributed by atoms with van der Waals surface area (Å²) in [4.78, 5) is 28.6. The zero-order chi connectivity index (χ0) is 27.1. The summed E-state index contributed by atoms with van der Waals surface area (Å²) in [7, 11) is -4.21. The van der Waals surface area contributed by atoms with Gasteiger partial charge in [-0.1, -0.05) is 23.2 Å². The number of aromatic hydroxyl groups is 1. The molecule has 3 aromatic rings. The molecule has 0 amide bonds. The van der Waals surface area contributed by atoms with E-state index in [1.807, 2.05) is 6.07 Å². The highest BCUT2D eigenvalue weighted by Crippen LogP contribution is 2.39. The van der Waals surface area contributed by atoms with Crippen LogP contribution in [-0.2, 0) is 10.0 Å². The third-order valence-electron chi connectivity index (χ3n) is 5.25. The summed E-state index contributed by atoms with van der Waals surface area (Å²) in [6.45, 7) is 0. The molecule has 17 heteroatoms. The van der Waals surface area contributed by atoms with Gasteiger partial charge in [0.2, 0.25) is 15.9 Å². The van der Waals surface area contributed by atoms with Crippen molar-refractivity contribution in [3.63, 3.8) is 0 Å². The number of H-pyrrole nitrogens is 1. The second-order valence-electron chi connectivity index (χ2n) is 7.80. The van der Waals surface area contributed by atoms with Crippen molar-refractivity contribution >= 4 is 33.2 Å². The van der Waals surface area contributed by atoms with E-state index in [4.69, 9.17) is 33.2 Å². The fourth-order valence-electron chi connectivity index (χ4n) is 3.39. The average Bonchev–Trinajstić information content (AvgIpc) is 2.79. The summed E-state index contributed by atoms with van der Waals surface area (Å²) in [5, 5.41) is 21.7. The van der Waals surface area contributed by atoms with Crippen molar-refractivity contribution in [3.05, 3.63) is 61.0 Å². The van der Waals surface area contributed by atoms with E-state index in [1.54, 1.807) is 4.98 Å². The average molecular weight is 575 g/mol. The molecule has 1 aliphatic rings. The van der Waals surface area contributed by atoms with Gasteiger partial charge in [-0.2, -0.15) is 15.0 Å². The van der Waals surface area contributed by atoms with Gasteiger partial charge in [0.25, 0.3) is 12.0 Å². The Morgan fingerprint density at radius 1 is 1.24 bits per heavy atom. The Hall–Kier alpha value is -3.58. The van der Waals surface area contributed by atoms with Crippen LogP contribution in [0.2, 0.25) is 10.0 Å². The number of ether oxygens (including phenoxy) is 1. The number of hydrogen-bond donors (Lipinski definition) is 3. The lowest BCUT2D eigenvalue weighted by atomic mass is 9.82. The van der Waals surface area contributed by atoms with Gasteiger partial charge in [0.05, 0.1) is 28.0 Å². The highest BCUT2D eigenvalue weighted by Gasteiger charge is 2.34. The topological polar surface area (TPSA) is 180 Å². The maximum atomic E-state index is 13.0. The first-order valence-corrected chi connectivity index (χ1v) is 12.4. The number of benzene rings is 1. The molecular formula is C20H14Cl2F2N6O6S. The van der Waals surface area contributed by atoms with Crippen LogP contribution in [0.5, 0.6) is 17.4 Å². The minimum atomic E-state index is -4.21. The Balaban J connectivity index is 1.64. The number of aromatic amines is 1. The van der Waals surface area contributed by atoms with Crippen molar-refractivity contribution in [2.45, 2.75) is 30.2 Å². The number of sulfonamides is 1. The minimum Gasteiger partial charge on any atom is -0.505 e. The number of rotatable bonds is 7. The molecule has 1 aliphatic carbocycles. The lowest BCUT2D eigenvalue weighted by Crippen LogP contribution is -2.43. The maximum absolute atomic E-state index is 13.0. The molecule has 0 saturated heterocycles. The Morgan fingerprint density at radius 2 is 1.89 bits per heavy atom. The van der Waals surface area contributed by atoms with Crippen LogP contribution in [0.3, 0.4) is 0 Å². The molecule has 0 bridgehead atoms. The number of halogens is 4. The largest absolute Gasteiger partial charge is 0.505 e. The second kappa shape index (κ2) is 10.1. The zero-order valence-electron chi connectivity index (χ0n) is 18.2. The molecule has 1 saturated carbocycles. The molecule has 0 radical (unpaired) electrons. The molecule has 0 aliphatic heterocycles. The summed E-state index contributed by atoms with van der Waals surface area (Å²) in [5.41, 5.74) is -3.87. The summed E-state index contributed by atoms with van der Waals surface area (Å²) in [6.07, 6.45) is -1.78. The fraction of sp³-hybridized carbons (Fsp3) is 0.250. The number of aromatic nitrogens is 4. The number of alkyl halides is 2. The van der Waals surface area contributed by atoms with E-state index in [1.165, 1.54) is 0 Å². The standard InChI is InChI=1S/C20H14Cl2F2N6O6S/c21-11-3-10(30-20(33)27-19(32)16(28-30)18(23)24)4-12(22)17(11)36-15-5-14(13(31)7-26-15)37(34,35)29-9-1-8(2-9)6-25/h3-5,7-9,18,29,31H,1-2H2,(H,27,32,33). The van der Waals surface area contributed by atoms with Crippen LogP contribution in [0.4, 0.5) is 8.78 Å². The van der Waals surface area contributed by atoms with Crippen molar-refractivity contribution in [3.8, 4) is 29.1 Å². The first-order chi connectivity index (χ1) is 17.4. The molecule has 2 heterocycles. The number of hydrogen-bond acceptors (Lipinski definition) is 9. The van der Waals surface area contributed by atoms with E-state index in [9.17, 15) is 31.9 Å². The van der Waals surface area contributed by atoms with E-state index in [2.05, 4.69) is 14.8 Å². The highest BCUT2D eigenvalue weighted by molar-refractivity contribution is 7.89. The third-order valence-corrected chi connectivity index (χ3v) is 7.36. The van der Waals surface area contributed by atoms with Crippen LogP contribution in [0.25, 0.3) is 5.69 Å². The molecule has 37 heavy (non-hydrogen) atoms. The van der Waals surface area contributed by atoms with Gasteiger partial charge in [-0.05, 0) is 25.0 Å². The zero-order valence-corrected chi connectivity index (χ0v) is 20.5. The SMILES string of the molecule is N#CC1CC(NS(=O)(=O)c2cc(Oc3c(Cl)cc(-n4nc(C(F)F)c(=O)[nH]c4=O)cc3Cl)ncc2O)C1. The van der Waals surface area contributed by atoms with Gasteiger partial charge in [-0.3, -0.25) is 9.78 Å². The molecule has 12 nitrogen and oxygen atoms in total. The monoisotopic (exact) mass is 574 g/mol. The quantitative estimate of drug-likeness (QED) is 0.382. The van der Waals surface area contributed by atoms with E-state index < -0.39 is 50.1 Å². The number of nitrogens with zero attached hydrogens (tertiary/aromatic N) is 4. The van der Waals surface area contributed by atoms with E-state index in [0.717, 1.165) is 24.4 Å².